The van der Waals surface area contributed by atoms with Crippen molar-refractivity contribution < 1.29 is 39.5 Å². The minimum absolute atomic E-state index is 0.296. The number of nitrogens with two attached hydrogens (primary N) is 1. The van der Waals surface area contributed by atoms with Crippen molar-refractivity contribution in [2.45, 2.75) is 38.7 Å². The summed E-state index contributed by atoms with van der Waals surface area (Å²) in [5, 5.41) is 39.1. The summed E-state index contributed by atoms with van der Waals surface area (Å²) in [7, 11) is 0. The molecule has 2 rings (SSSR count). The lowest BCUT2D eigenvalue weighted by Crippen LogP contribution is -2.23. The monoisotopic (exact) mass is 584 g/mol. The zero-order valence-electron chi connectivity index (χ0n) is 21.5. The van der Waals surface area contributed by atoms with E-state index in [1.54, 1.807) is 12.1 Å². The Bertz CT molecular complexity index is 1070. The number of benzene rings is 2. The van der Waals surface area contributed by atoms with Crippen LogP contribution in [-0.2, 0) is 14.4 Å². The lowest BCUT2D eigenvalue weighted by atomic mass is 9.99. The fourth-order valence-electron chi connectivity index (χ4n) is 3.28. The van der Waals surface area contributed by atoms with Crippen molar-refractivity contribution in [1.82, 2.24) is 5.32 Å². The number of nitrogen functional groups attached to an aromatic ring is 1. The number of hydrogen-bond acceptors (Lipinski definition) is 7. The highest BCUT2D eigenvalue weighted by Crippen LogP contribution is 2.31. The summed E-state index contributed by atoms with van der Waals surface area (Å²) >= 11 is 12.0. The van der Waals surface area contributed by atoms with Crippen molar-refractivity contribution in [3.63, 3.8) is 0 Å². The predicted octanol–water partition coefficient (Wildman–Crippen LogP) is 4.56. The van der Waals surface area contributed by atoms with E-state index >= 15 is 0 Å². The highest BCUT2D eigenvalue weighted by atomic mass is 35.5. The minimum atomic E-state index is -1.26. The second-order valence-corrected chi connectivity index (χ2v) is 9.42. The molecule has 12 heteroatoms. The van der Waals surface area contributed by atoms with Crippen molar-refractivity contribution in [2.24, 2.45) is 5.92 Å². The number of halogens is 2. The van der Waals surface area contributed by atoms with Gasteiger partial charge in [-0.1, -0.05) is 47.3 Å². The van der Waals surface area contributed by atoms with E-state index in [1.165, 1.54) is 0 Å². The summed E-state index contributed by atoms with van der Waals surface area (Å²) in [4.78, 5) is 30.6. The SMILES string of the molecule is Cc1ccc(OCCC(CCCCNCC(O)c2cc(Cl)c(N)c(Cl)c2)C(=O)O)cc1.O=C(O)C=CC(=O)O. The van der Waals surface area contributed by atoms with Crippen LogP contribution in [0.5, 0.6) is 5.75 Å². The molecular formula is C27H34Cl2N2O8. The van der Waals surface area contributed by atoms with Gasteiger partial charge in [-0.2, -0.15) is 0 Å². The van der Waals surface area contributed by atoms with Crippen LogP contribution < -0.4 is 15.8 Å². The number of aliphatic hydroxyl groups is 1. The van der Waals surface area contributed by atoms with Gasteiger partial charge in [-0.3, -0.25) is 4.79 Å². The number of carbonyl (C=O) groups is 3. The number of carboxylic acid groups (broad SMARTS) is 3. The molecule has 0 aliphatic carbocycles. The van der Waals surface area contributed by atoms with Crippen LogP contribution in [0.1, 0.15) is 42.9 Å². The van der Waals surface area contributed by atoms with Gasteiger partial charge in [-0.25, -0.2) is 9.59 Å². The van der Waals surface area contributed by atoms with Gasteiger partial charge in [0, 0.05) is 18.7 Å². The van der Waals surface area contributed by atoms with Crippen molar-refractivity contribution in [2.75, 3.05) is 25.4 Å². The Labute approximate surface area is 237 Å². The maximum absolute atomic E-state index is 11.5. The number of unbranched alkanes of at least 4 members (excludes halogenated alkanes) is 1. The average Bonchev–Trinajstić information content (AvgIpc) is 2.87. The van der Waals surface area contributed by atoms with Crippen LogP contribution in [0.15, 0.2) is 48.6 Å². The molecule has 2 unspecified atom stereocenters. The van der Waals surface area contributed by atoms with E-state index in [1.807, 2.05) is 31.2 Å². The molecule has 0 aliphatic rings. The molecule has 0 fully saturated rings. The van der Waals surface area contributed by atoms with E-state index < -0.39 is 29.9 Å². The van der Waals surface area contributed by atoms with Crippen LogP contribution in [0.25, 0.3) is 0 Å². The van der Waals surface area contributed by atoms with Gasteiger partial charge < -0.3 is 36.2 Å². The quantitative estimate of drug-likeness (QED) is 0.0986. The minimum Gasteiger partial charge on any atom is -0.494 e. The maximum Gasteiger partial charge on any atom is 0.328 e. The molecule has 0 aliphatic heterocycles. The topological polar surface area (TPSA) is 179 Å². The van der Waals surface area contributed by atoms with Gasteiger partial charge in [0.25, 0.3) is 0 Å². The first kappa shape index (κ1) is 33.7. The van der Waals surface area contributed by atoms with Gasteiger partial charge in [0.05, 0.1) is 34.4 Å². The van der Waals surface area contributed by atoms with Crippen LogP contribution >= 0.6 is 23.2 Å². The van der Waals surface area contributed by atoms with Crippen LogP contribution in [-0.4, -0.2) is 58.0 Å². The van der Waals surface area contributed by atoms with Crippen molar-refractivity contribution in [3.8, 4) is 5.75 Å². The van der Waals surface area contributed by atoms with Crippen LogP contribution in [0.4, 0.5) is 5.69 Å². The van der Waals surface area contributed by atoms with E-state index in [9.17, 15) is 24.6 Å². The predicted molar refractivity (Wildman–Crippen MR) is 149 cm³/mol. The Morgan fingerprint density at radius 2 is 1.54 bits per heavy atom. The van der Waals surface area contributed by atoms with E-state index in [2.05, 4.69) is 5.32 Å². The van der Waals surface area contributed by atoms with E-state index in [0.29, 0.717) is 66.0 Å². The first-order valence-electron chi connectivity index (χ1n) is 12.1. The van der Waals surface area contributed by atoms with Gasteiger partial charge in [-0.05, 0) is 62.6 Å². The number of aryl methyl sites for hydroxylation is 1. The third kappa shape index (κ3) is 14.4. The molecule has 39 heavy (non-hydrogen) atoms. The average molecular weight is 585 g/mol. The number of rotatable bonds is 15. The Morgan fingerprint density at radius 1 is 0.974 bits per heavy atom. The highest BCUT2D eigenvalue weighted by Gasteiger charge is 2.17. The van der Waals surface area contributed by atoms with Crippen molar-refractivity contribution in [3.05, 3.63) is 69.7 Å². The molecule has 10 nitrogen and oxygen atoms in total. The Morgan fingerprint density at radius 3 is 2.05 bits per heavy atom. The van der Waals surface area contributed by atoms with Crippen LogP contribution in [0, 0.1) is 12.8 Å². The second-order valence-electron chi connectivity index (χ2n) is 8.61. The summed E-state index contributed by atoms with van der Waals surface area (Å²) < 4.78 is 5.65. The molecule has 0 aromatic heterocycles. The first-order valence-corrected chi connectivity index (χ1v) is 12.9. The number of nitrogens with one attached hydrogen (secondary N) is 1. The molecule has 0 amide bonds. The molecule has 2 aromatic carbocycles. The summed E-state index contributed by atoms with van der Waals surface area (Å²) in [5.74, 6) is -3.00. The van der Waals surface area contributed by atoms with Gasteiger partial charge in [0.1, 0.15) is 5.75 Å². The zero-order valence-corrected chi connectivity index (χ0v) is 23.0. The standard InChI is InChI=1S/C23H30Cl2N2O4.C4H4O4/c1-15-5-7-18(8-6-15)31-11-9-16(23(29)30)4-2-3-10-27-14-21(28)17-12-19(24)22(26)20(25)13-17;5-3(6)1-2-4(7)8/h5-8,12-13,16,21,27-28H,2-4,9-11,14,26H2,1H3,(H,29,30);1-2H,(H,5,6)(H,7,8). The number of carboxylic acids is 3. The smallest absolute Gasteiger partial charge is 0.328 e. The number of anilines is 1. The number of hydrogen-bond donors (Lipinski definition) is 6. The van der Waals surface area contributed by atoms with Crippen LogP contribution in [0.2, 0.25) is 10.0 Å². The Balaban J connectivity index is 0.000000824. The summed E-state index contributed by atoms with van der Waals surface area (Å²) in [6.45, 7) is 3.38. The molecule has 0 spiro atoms. The van der Waals surface area contributed by atoms with Crippen LogP contribution in [0.3, 0.4) is 0 Å². The molecule has 0 saturated heterocycles. The largest absolute Gasteiger partial charge is 0.494 e. The van der Waals surface area contributed by atoms with Gasteiger partial charge in [0.2, 0.25) is 0 Å². The maximum atomic E-state index is 11.5. The van der Waals surface area contributed by atoms with Crippen molar-refractivity contribution in [1.29, 1.82) is 0 Å². The number of aliphatic hydroxyl groups excluding tert-OH is 1. The molecule has 2 atom stereocenters. The molecular weight excluding hydrogens is 551 g/mol. The Hall–Kier alpha value is -3.31. The third-order valence-electron chi connectivity index (χ3n) is 5.45. The molecule has 7 N–H and O–H groups in total. The number of ether oxygens (including phenoxy) is 1. The first-order chi connectivity index (χ1) is 18.4. The Kier molecular flexibility index (Phi) is 15.6. The molecule has 0 radical (unpaired) electrons. The molecule has 2 aromatic rings. The normalized spacial score (nSPS) is 12.3. The molecule has 0 saturated carbocycles. The van der Waals surface area contributed by atoms with Crippen molar-refractivity contribution >= 4 is 46.8 Å². The fourth-order valence-corrected chi connectivity index (χ4v) is 3.78. The van der Waals surface area contributed by atoms with E-state index in [4.69, 9.17) is 43.9 Å². The lowest BCUT2D eigenvalue weighted by molar-refractivity contribution is -0.142. The molecule has 214 valence electrons. The summed E-state index contributed by atoms with van der Waals surface area (Å²) in [5.41, 5.74) is 7.75. The highest BCUT2D eigenvalue weighted by molar-refractivity contribution is 6.38. The van der Waals surface area contributed by atoms with E-state index in [0.717, 1.165) is 24.2 Å². The fraction of sp³-hybridized carbons (Fsp3) is 0.370. The lowest BCUT2D eigenvalue weighted by Gasteiger charge is -2.15. The van der Waals surface area contributed by atoms with E-state index in [-0.39, 0.29) is 0 Å². The molecule has 0 heterocycles. The summed E-state index contributed by atoms with van der Waals surface area (Å²) in [6.07, 6.45) is 2.97. The molecule has 0 bridgehead atoms. The zero-order chi connectivity index (χ0) is 29.4. The third-order valence-corrected chi connectivity index (χ3v) is 6.08. The van der Waals surface area contributed by atoms with Gasteiger partial charge >= 0.3 is 17.9 Å². The second kappa shape index (κ2) is 18.1. The van der Waals surface area contributed by atoms with Gasteiger partial charge in [0.15, 0.2) is 0 Å². The summed E-state index contributed by atoms with van der Waals surface area (Å²) in [6, 6.07) is 10.9. The number of aliphatic carboxylic acids is 3. The van der Waals surface area contributed by atoms with Gasteiger partial charge in [-0.15, -0.1) is 0 Å².